The Kier molecular flexibility index (Phi) is 5.91. The molecule has 0 aromatic heterocycles. The first kappa shape index (κ1) is 19.8. The Hall–Kier alpha value is -2.55. The first-order valence-electron chi connectivity index (χ1n) is 7.76. The molecule has 0 radical (unpaired) electrons. The molecule has 0 aliphatic rings. The van der Waals surface area contributed by atoms with Crippen LogP contribution in [0.3, 0.4) is 0 Å². The number of sulfonamides is 1. The van der Waals surface area contributed by atoms with Gasteiger partial charge in [-0.2, -0.15) is 0 Å². The van der Waals surface area contributed by atoms with Gasteiger partial charge in [0.1, 0.15) is 4.90 Å². The lowest BCUT2D eigenvalue weighted by atomic mass is 10.2. The molecule has 2 aromatic carbocycles. The summed E-state index contributed by atoms with van der Waals surface area (Å²) in [5, 5.41) is 0. The molecule has 0 spiro atoms. The monoisotopic (exact) mass is 386 g/mol. The summed E-state index contributed by atoms with van der Waals surface area (Å²) in [5.41, 5.74) is 0.229. The third-order valence-electron chi connectivity index (χ3n) is 3.70. The number of carbonyl (C=O) groups is 1. The summed E-state index contributed by atoms with van der Waals surface area (Å²) in [7, 11) is -4.51. The Morgan fingerprint density at radius 3 is 2.31 bits per heavy atom. The normalized spacial score (nSPS) is 11.3. The number of benzene rings is 2. The molecule has 140 valence electrons. The minimum Gasteiger partial charge on any atom is -0.339 e. The molecule has 26 heavy (non-hydrogen) atoms. The quantitative estimate of drug-likeness (QED) is 0.774. The van der Waals surface area contributed by atoms with Crippen LogP contribution in [0.5, 0.6) is 0 Å². The highest BCUT2D eigenvalue weighted by molar-refractivity contribution is 7.92. The van der Waals surface area contributed by atoms with Gasteiger partial charge in [-0.1, -0.05) is 6.07 Å². The molecule has 9 heteroatoms. The molecule has 0 bridgehead atoms. The number of anilines is 1. The van der Waals surface area contributed by atoms with Crippen LogP contribution in [0.15, 0.2) is 41.3 Å². The van der Waals surface area contributed by atoms with E-state index in [4.69, 9.17) is 0 Å². The van der Waals surface area contributed by atoms with Crippen LogP contribution in [0.2, 0.25) is 0 Å². The Bertz CT molecular complexity index is 929. The fourth-order valence-electron chi connectivity index (χ4n) is 2.33. The van der Waals surface area contributed by atoms with Crippen molar-refractivity contribution < 1.29 is 26.4 Å². The summed E-state index contributed by atoms with van der Waals surface area (Å²) in [6.07, 6.45) is 0. The van der Waals surface area contributed by atoms with Crippen LogP contribution in [-0.4, -0.2) is 32.3 Å². The van der Waals surface area contributed by atoms with Gasteiger partial charge in [-0.15, -0.1) is 0 Å². The highest BCUT2D eigenvalue weighted by atomic mass is 32.2. The molecule has 5 nitrogen and oxygen atoms in total. The van der Waals surface area contributed by atoms with E-state index in [1.807, 2.05) is 0 Å². The Balaban J connectivity index is 2.35. The van der Waals surface area contributed by atoms with Crippen LogP contribution in [-0.2, 0) is 10.0 Å². The zero-order valence-electron chi connectivity index (χ0n) is 14.1. The van der Waals surface area contributed by atoms with Gasteiger partial charge in [0, 0.05) is 24.3 Å². The van der Waals surface area contributed by atoms with E-state index in [1.54, 1.807) is 18.7 Å². The van der Waals surface area contributed by atoms with E-state index in [0.717, 1.165) is 0 Å². The van der Waals surface area contributed by atoms with E-state index in [0.29, 0.717) is 25.2 Å². The molecule has 0 aliphatic heterocycles. The number of nitrogens with one attached hydrogen (secondary N) is 1. The first-order chi connectivity index (χ1) is 12.2. The number of amides is 1. The van der Waals surface area contributed by atoms with Crippen molar-refractivity contribution in [1.82, 2.24) is 4.90 Å². The molecule has 0 heterocycles. The van der Waals surface area contributed by atoms with E-state index in [1.165, 1.54) is 24.3 Å². The van der Waals surface area contributed by atoms with Crippen LogP contribution in [0.25, 0.3) is 0 Å². The van der Waals surface area contributed by atoms with Crippen molar-refractivity contribution in [2.75, 3.05) is 17.8 Å². The van der Waals surface area contributed by atoms with Crippen LogP contribution in [0.1, 0.15) is 24.2 Å². The van der Waals surface area contributed by atoms with Crippen LogP contribution in [0.4, 0.5) is 18.9 Å². The van der Waals surface area contributed by atoms with E-state index in [2.05, 4.69) is 4.72 Å². The van der Waals surface area contributed by atoms with Gasteiger partial charge in [0.15, 0.2) is 17.5 Å². The molecular weight excluding hydrogens is 369 g/mol. The van der Waals surface area contributed by atoms with Gasteiger partial charge in [-0.25, -0.2) is 21.6 Å². The molecule has 0 saturated heterocycles. The largest absolute Gasteiger partial charge is 0.339 e. The maximum atomic E-state index is 13.8. The van der Waals surface area contributed by atoms with Gasteiger partial charge < -0.3 is 4.90 Å². The molecule has 1 amide bonds. The average Bonchev–Trinajstić information content (AvgIpc) is 2.60. The molecule has 2 aromatic rings. The number of hydrogen-bond acceptors (Lipinski definition) is 3. The zero-order chi connectivity index (χ0) is 19.5. The van der Waals surface area contributed by atoms with Crippen molar-refractivity contribution in [3.05, 3.63) is 59.4 Å². The zero-order valence-corrected chi connectivity index (χ0v) is 14.9. The lowest BCUT2D eigenvalue weighted by molar-refractivity contribution is 0.0773. The first-order valence-corrected chi connectivity index (χ1v) is 9.25. The van der Waals surface area contributed by atoms with Crippen LogP contribution in [0, 0.1) is 17.5 Å². The summed E-state index contributed by atoms with van der Waals surface area (Å²) in [6, 6.07) is 6.76. The second-order valence-electron chi connectivity index (χ2n) is 5.34. The number of rotatable bonds is 6. The fraction of sp³-hybridized carbons (Fsp3) is 0.235. The summed E-state index contributed by atoms with van der Waals surface area (Å²) >= 11 is 0. The topological polar surface area (TPSA) is 66.5 Å². The van der Waals surface area contributed by atoms with E-state index < -0.39 is 32.4 Å². The highest BCUT2D eigenvalue weighted by Gasteiger charge is 2.24. The number of halogens is 3. The predicted molar refractivity (Wildman–Crippen MR) is 90.8 cm³/mol. The molecule has 0 atom stereocenters. The van der Waals surface area contributed by atoms with E-state index in [9.17, 15) is 26.4 Å². The lowest BCUT2D eigenvalue weighted by Gasteiger charge is -2.19. The Labute approximate surface area is 149 Å². The minimum atomic E-state index is -4.51. The van der Waals surface area contributed by atoms with Crippen molar-refractivity contribution in [2.24, 2.45) is 0 Å². The standard InChI is InChI=1S/C17H17F3N2O3S/c1-3-22(4-2)17(23)11-6-5-7-12(10-11)21-26(24,25)14-9-8-13(18)15(19)16(14)20/h5-10,21H,3-4H2,1-2H3. The molecule has 0 aliphatic carbocycles. The van der Waals surface area contributed by atoms with Crippen molar-refractivity contribution in [3.8, 4) is 0 Å². The number of nitrogens with zero attached hydrogens (tertiary/aromatic N) is 1. The summed E-state index contributed by atoms with van der Waals surface area (Å²) in [5.74, 6) is -5.48. The van der Waals surface area contributed by atoms with Gasteiger partial charge in [0.25, 0.3) is 15.9 Å². The van der Waals surface area contributed by atoms with Gasteiger partial charge in [-0.05, 0) is 44.2 Å². The van der Waals surface area contributed by atoms with Gasteiger partial charge in [-0.3, -0.25) is 9.52 Å². The highest BCUT2D eigenvalue weighted by Crippen LogP contribution is 2.23. The van der Waals surface area contributed by atoms with Crippen LogP contribution < -0.4 is 4.72 Å². The molecular formula is C17H17F3N2O3S. The van der Waals surface area contributed by atoms with Gasteiger partial charge in [0.2, 0.25) is 0 Å². The van der Waals surface area contributed by atoms with Crippen molar-refractivity contribution in [3.63, 3.8) is 0 Å². The van der Waals surface area contributed by atoms with E-state index >= 15 is 0 Å². The lowest BCUT2D eigenvalue weighted by Crippen LogP contribution is -2.30. The molecule has 0 fully saturated rings. The third-order valence-corrected chi connectivity index (χ3v) is 5.10. The average molecular weight is 386 g/mol. The summed E-state index contributed by atoms with van der Waals surface area (Å²) < 4.78 is 66.7. The maximum Gasteiger partial charge on any atom is 0.264 e. The second-order valence-corrected chi connectivity index (χ2v) is 6.99. The van der Waals surface area contributed by atoms with E-state index in [-0.39, 0.29) is 17.2 Å². The molecule has 1 N–H and O–H groups in total. The molecule has 0 saturated carbocycles. The van der Waals surface area contributed by atoms with Crippen molar-refractivity contribution in [2.45, 2.75) is 18.7 Å². The molecule has 0 unspecified atom stereocenters. The van der Waals surface area contributed by atoms with Gasteiger partial charge >= 0.3 is 0 Å². The third kappa shape index (κ3) is 3.98. The van der Waals surface area contributed by atoms with Gasteiger partial charge in [0.05, 0.1) is 0 Å². The summed E-state index contributed by atoms with van der Waals surface area (Å²) in [6.45, 7) is 4.57. The number of hydrogen-bond donors (Lipinski definition) is 1. The predicted octanol–water partition coefficient (Wildman–Crippen LogP) is 3.39. The second kappa shape index (κ2) is 7.77. The summed E-state index contributed by atoms with van der Waals surface area (Å²) in [4.78, 5) is 12.8. The maximum absolute atomic E-state index is 13.8. The molecule has 2 rings (SSSR count). The smallest absolute Gasteiger partial charge is 0.264 e. The number of carbonyl (C=O) groups excluding carboxylic acids is 1. The fourth-order valence-corrected chi connectivity index (χ4v) is 3.45. The van der Waals surface area contributed by atoms with Crippen LogP contribution >= 0.6 is 0 Å². The SMILES string of the molecule is CCN(CC)C(=O)c1cccc(NS(=O)(=O)c2ccc(F)c(F)c2F)c1. The Morgan fingerprint density at radius 2 is 1.69 bits per heavy atom. The van der Waals surface area contributed by atoms with Crippen molar-refractivity contribution in [1.29, 1.82) is 0 Å². The van der Waals surface area contributed by atoms with Crippen molar-refractivity contribution >= 4 is 21.6 Å². The minimum absolute atomic E-state index is 0.00728. The Morgan fingerprint density at radius 1 is 1.04 bits per heavy atom.